The molecule has 5 nitrogen and oxygen atoms in total. The summed E-state index contributed by atoms with van der Waals surface area (Å²) in [6.07, 6.45) is 34.2. The van der Waals surface area contributed by atoms with Gasteiger partial charge < -0.3 is 15.4 Å². The molecule has 242 valence electrons. The van der Waals surface area contributed by atoms with Crippen LogP contribution in [0.2, 0.25) is 0 Å². The van der Waals surface area contributed by atoms with Crippen LogP contribution < -0.4 is 10.6 Å². The average Bonchev–Trinajstić information content (AvgIpc) is 3.01. The predicted octanol–water partition coefficient (Wildman–Crippen LogP) is 8.72. The molecule has 0 aliphatic heterocycles. The highest BCUT2D eigenvalue weighted by Crippen LogP contribution is 2.17. The number of hydrogen-bond acceptors (Lipinski definition) is 3. The van der Waals surface area contributed by atoms with Crippen LogP contribution in [0, 0.1) is 5.92 Å². The smallest absolute Gasteiger partial charge is 0.227 e. The van der Waals surface area contributed by atoms with E-state index in [9.17, 15) is 9.59 Å². The summed E-state index contributed by atoms with van der Waals surface area (Å²) in [7, 11) is 0. The zero-order valence-electron chi connectivity index (χ0n) is 27.8. The van der Waals surface area contributed by atoms with E-state index < -0.39 is 0 Å². The van der Waals surface area contributed by atoms with Gasteiger partial charge in [-0.3, -0.25) is 9.59 Å². The van der Waals surface area contributed by atoms with Crippen LogP contribution in [0.4, 0.5) is 0 Å². The van der Waals surface area contributed by atoms with Crippen molar-refractivity contribution in [2.45, 2.75) is 91.4 Å². The summed E-state index contributed by atoms with van der Waals surface area (Å²) >= 11 is 0. The number of rotatable bonds is 24. The fourth-order valence-corrected chi connectivity index (χ4v) is 4.27. The van der Waals surface area contributed by atoms with Gasteiger partial charge in [-0.15, -0.1) is 0 Å². The fraction of sp³-hybridized carbons (Fsp3) is 0.487. The third kappa shape index (κ3) is 22.1. The van der Waals surface area contributed by atoms with Crippen molar-refractivity contribution in [3.63, 3.8) is 0 Å². The summed E-state index contributed by atoms with van der Waals surface area (Å²) in [5.41, 5.74) is 2.31. The minimum atomic E-state index is -0.205. The molecule has 1 rings (SSSR count). The highest BCUT2D eigenvalue weighted by atomic mass is 16.5. The van der Waals surface area contributed by atoms with Crippen LogP contribution >= 0.6 is 0 Å². The maximum absolute atomic E-state index is 12.5. The second-order valence-electron chi connectivity index (χ2n) is 11.3. The summed E-state index contributed by atoms with van der Waals surface area (Å²) in [6, 6.07) is 8.31. The van der Waals surface area contributed by atoms with Gasteiger partial charge in [0.25, 0.3) is 0 Å². The third-order valence-electron chi connectivity index (χ3n) is 6.77. The Morgan fingerprint density at radius 1 is 0.682 bits per heavy atom. The van der Waals surface area contributed by atoms with E-state index in [-0.39, 0.29) is 17.7 Å². The van der Waals surface area contributed by atoms with Gasteiger partial charge >= 0.3 is 0 Å². The van der Waals surface area contributed by atoms with Crippen LogP contribution in [0.1, 0.15) is 96.1 Å². The SMILES string of the molecule is CCC=CCC=CCC=CCC=CCC=CCC=CCCC(=O)NCCOCCNC(=O)C(C)c1ccc(CC(C)C)cc1. The number of nitrogens with one attached hydrogen (secondary N) is 2. The van der Waals surface area contributed by atoms with Gasteiger partial charge in [-0.2, -0.15) is 0 Å². The zero-order valence-corrected chi connectivity index (χ0v) is 27.8. The van der Waals surface area contributed by atoms with Crippen molar-refractivity contribution < 1.29 is 14.3 Å². The molecule has 0 heterocycles. The molecule has 0 aromatic heterocycles. The molecule has 1 atom stereocenters. The van der Waals surface area contributed by atoms with Gasteiger partial charge in [-0.05, 0) is 75.3 Å². The van der Waals surface area contributed by atoms with E-state index in [0.29, 0.717) is 38.6 Å². The molecule has 44 heavy (non-hydrogen) atoms. The Morgan fingerprint density at radius 2 is 1.16 bits per heavy atom. The Hall–Kier alpha value is -3.44. The lowest BCUT2D eigenvalue weighted by Crippen LogP contribution is -2.32. The van der Waals surface area contributed by atoms with E-state index in [1.54, 1.807) is 0 Å². The first-order chi connectivity index (χ1) is 21.4. The normalized spacial score (nSPS) is 13.1. The Labute approximate surface area is 268 Å². The molecule has 5 heteroatoms. The van der Waals surface area contributed by atoms with Crippen LogP contribution in [0.3, 0.4) is 0 Å². The Balaban J connectivity index is 1.99. The number of allylic oxidation sites excluding steroid dienone is 12. The lowest BCUT2D eigenvalue weighted by Gasteiger charge is -2.14. The lowest BCUT2D eigenvalue weighted by atomic mass is 9.96. The molecular weight excluding hydrogens is 544 g/mol. The summed E-state index contributed by atoms with van der Waals surface area (Å²) in [5, 5.41) is 5.81. The summed E-state index contributed by atoms with van der Waals surface area (Å²) < 4.78 is 5.55. The molecular formula is C39H58N2O3. The van der Waals surface area contributed by atoms with E-state index in [1.807, 2.05) is 19.1 Å². The molecule has 0 aliphatic carbocycles. The van der Waals surface area contributed by atoms with Crippen LogP contribution in [-0.2, 0) is 20.7 Å². The topological polar surface area (TPSA) is 67.4 Å². The quantitative estimate of drug-likeness (QED) is 0.0919. The minimum absolute atomic E-state index is 0.00656. The van der Waals surface area contributed by atoms with Crippen LogP contribution in [0.25, 0.3) is 0 Å². The monoisotopic (exact) mass is 602 g/mol. The van der Waals surface area contributed by atoms with Gasteiger partial charge in [-0.1, -0.05) is 118 Å². The molecule has 0 aliphatic rings. The third-order valence-corrected chi connectivity index (χ3v) is 6.77. The van der Waals surface area contributed by atoms with Crippen molar-refractivity contribution in [1.29, 1.82) is 0 Å². The van der Waals surface area contributed by atoms with Crippen LogP contribution in [-0.4, -0.2) is 38.1 Å². The Bertz CT molecular complexity index is 1060. The standard InChI is InChI=1S/C39H58N2O3/c1-5-6-7-8-9-10-11-12-13-14-15-16-17-18-19-20-21-22-23-24-38(42)40-29-31-44-32-30-41-39(43)35(4)37-27-25-36(26-28-37)33-34(2)3/h6-7,9-10,12-13,15-16,18-19,21-22,25-28,34-35H,5,8,11,14,17,20,23-24,29-33H2,1-4H3,(H,40,42)(H,41,43). The number of hydrogen-bond donors (Lipinski definition) is 2. The maximum Gasteiger partial charge on any atom is 0.227 e. The maximum atomic E-state index is 12.5. The van der Waals surface area contributed by atoms with Gasteiger partial charge in [0.05, 0.1) is 19.1 Å². The number of ether oxygens (including phenoxy) is 1. The van der Waals surface area contributed by atoms with Gasteiger partial charge in [0.15, 0.2) is 0 Å². The van der Waals surface area contributed by atoms with Crippen LogP contribution in [0.5, 0.6) is 0 Å². The molecule has 2 N–H and O–H groups in total. The largest absolute Gasteiger partial charge is 0.378 e. The number of carbonyl (C=O) groups is 2. The first-order valence-electron chi connectivity index (χ1n) is 16.5. The molecule has 0 radical (unpaired) electrons. The van der Waals surface area contributed by atoms with E-state index in [1.165, 1.54) is 5.56 Å². The molecule has 0 fully saturated rings. The average molecular weight is 603 g/mol. The van der Waals surface area contributed by atoms with E-state index in [4.69, 9.17) is 4.74 Å². The van der Waals surface area contributed by atoms with Crippen molar-refractivity contribution in [2.75, 3.05) is 26.3 Å². The first-order valence-corrected chi connectivity index (χ1v) is 16.5. The first kappa shape index (κ1) is 38.6. The fourth-order valence-electron chi connectivity index (χ4n) is 4.27. The zero-order chi connectivity index (χ0) is 32.1. The number of benzene rings is 1. The molecule has 1 aromatic carbocycles. The molecule has 0 saturated heterocycles. The van der Waals surface area contributed by atoms with Gasteiger partial charge in [-0.25, -0.2) is 0 Å². The number of amides is 2. The van der Waals surface area contributed by atoms with E-state index >= 15 is 0 Å². The lowest BCUT2D eigenvalue weighted by molar-refractivity contribution is -0.122. The molecule has 1 aromatic rings. The molecule has 0 bridgehead atoms. The molecule has 1 unspecified atom stereocenters. The van der Waals surface area contributed by atoms with E-state index in [0.717, 1.165) is 56.9 Å². The second-order valence-corrected chi connectivity index (χ2v) is 11.3. The van der Waals surface area contributed by atoms with Crippen molar-refractivity contribution in [3.8, 4) is 0 Å². The number of carbonyl (C=O) groups excluding carboxylic acids is 2. The van der Waals surface area contributed by atoms with Crippen molar-refractivity contribution in [3.05, 3.63) is 108 Å². The highest BCUT2D eigenvalue weighted by Gasteiger charge is 2.14. The van der Waals surface area contributed by atoms with E-state index in [2.05, 4.69) is 116 Å². The van der Waals surface area contributed by atoms with Crippen molar-refractivity contribution in [2.24, 2.45) is 5.92 Å². The summed E-state index contributed by atoms with van der Waals surface area (Å²) in [4.78, 5) is 24.4. The summed E-state index contributed by atoms with van der Waals surface area (Å²) in [6.45, 7) is 10.2. The Kier molecular flexibility index (Phi) is 23.8. The molecule has 2 amide bonds. The summed E-state index contributed by atoms with van der Waals surface area (Å²) in [5.74, 6) is 0.425. The van der Waals surface area contributed by atoms with Crippen molar-refractivity contribution in [1.82, 2.24) is 10.6 Å². The van der Waals surface area contributed by atoms with Crippen molar-refractivity contribution >= 4 is 11.8 Å². The Morgan fingerprint density at radius 3 is 1.66 bits per heavy atom. The molecule has 0 saturated carbocycles. The van der Waals surface area contributed by atoms with Gasteiger partial charge in [0.1, 0.15) is 0 Å². The molecule has 0 spiro atoms. The predicted molar refractivity (Wildman–Crippen MR) is 188 cm³/mol. The highest BCUT2D eigenvalue weighted by molar-refractivity contribution is 5.83. The van der Waals surface area contributed by atoms with Gasteiger partial charge in [0.2, 0.25) is 11.8 Å². The minimum Gasteiger partial charge on any atom is -0.378 e. The van der Waals surface area contributed by atoms with Crippen LogP contribution in [0.15, 0.2) is 97.2 Å². The van der Waals surface area contributed by atoms with Gasteiger partial charge in [0, 0.05) is 19.5 Å². The second kappa shape index (κ2) is 27.1.